The van der Waals surface area contributed by atoms with E-state index in [2.05, 4.69) is 22.4 Å². The Morgan fingerprint density at radius 3 is 2.46 bits per heavy atom. The minimum atomic E-state index is -0.490. The number of carbonyl (C=O) groups is 1. The second-order valence-corrected chi connectivity index (χ2v) is 8.58. The number of nitrogens with one attached hydrogen (secondary N) is 1. The Morgan fingerprint density at radius 1 is 1.03 bits per heavy atom. The molecule has 1 aromatic heterocycles. The molecule has 7 heteroatoms. The number of urea groups is 1. The number of hydrogen-bond acceptors (Lipinski definition) is 4. The predicted octanol–water partition coefficient (Wildman–Crippen LogP) is 6.45. The zero-order valence-electron chi connectivity index (χ0n) is 19.7. The summed E-state index contributed by atoms with van der Waals surface area (Å²) in [5.41, 5.74) is 5.80. The minimum absolute atomic E-state index is 0.246. The Bertz CT molecular complexity index is 1410. The second kappa shape index (κ2) is 9.18. The standard InChI is InChI=1S/C28H25FN4O2/c1-4-19-10-12-20(13-11-19)25-24(27-31-26(32-35-27)21-6-5-7-22(29)16-21)18(3)33(28(34)30-25)23-14-8-17(2)9-15-23/h5-16,25H,4H2,1-3H3,(H,30,34). The van der Waals surface area contributed by atoms with E-state index >= 15 is 0 Å². The van der Waals surface area contributed by atoms with Crippen LogP contribution < -0.4 is 10.2 Å². The lowest BCUT2D eigenvalue weighted by Gasteiger charge is -2.35. The first-order valence-corrected chi connectivity index (χ1v) is 11.5. The van der Waals surface area contributed by atoms with Crippen molar-refractivity contribution in [3.8, 4) is 11.4 Å². The molecule has 0 radical (unpaired) electrons. The van der Waals surface area contributed by atoms with E-state index in [1.807, 2.05) is 62.4 Å². The molecule has 4 aromatic rings. The van der Waals surface area contributed by atoms with Gasteiger partial charge >= 0.3 is 6.03 Å². The zero-order chi connectivity index (χ0) is 24.5. The summed E-state index contributed by atoms with van der Waals surface area (Å²) in [6, 6.07) is 21.1. The molecule has 2 heterocycles. The molecule has 5 rings (SSSR count). The minimum Gasteiger partial charge on any atom is -0.334 e. The van der Waals surface area contributed by atoms with Crippen molar-refractivity contribution in [3.63, 3.8) is 0 Å². The summed E-state index contributed by atoms with van der Waals surface area (Å²) < 4.78 is 19.5. The smallest absolute Gasteiger partial charge is 0.326 e. The molecule has 2 amide bonds. The maximum atomic E-state index is 13.8. The first-order valence-electron chi connectivity index (χ1n) is 11.5. The fraction of sp³-hybridized carbons (Fsp3) is 0.179. The number of anilines is 1. The Hall–Kier alpha value is -4.26. The molecule has 0 aliphatic carbocycles. The van der Waals surface area contributed by atoms with Gasteiger partial charge in [-0.25, -0.2) is 9.18 Å². The molecule has 6 nitrogen and oxygen atoms in total. The van der Waals surface area contributed by atoms with Crippen LogP contribution in [0.25, 0.3) is 17.0 Å². The van der Waals surface area contributed by atoms with Crippen molar-refractivity contribution in [3.05, 3.63) is 107 Å². The van der Waals surface area contributed by atoms with Gasteiger partial charge in [0, 0.05) is 11.3 Å². The van der Waals surface area contributed by atoms with Crippen molar-refractivity contribution in [2.75, 3.05) is 4.90 Å². The van der Waals surface area contributed by atoms with Gasteiger partial charge in [-0.1, -0.05) is 66.2 Å². The fourth-order valence-corrected chi connectivity index (χ4v) is 4.30. The summed E-state index contributed by atoms with van der Waals surface area (Å²) in [7, 11) is 0. The van der Waals surface area contributed by atoms with E-state index in [4.69, 9.17) is 4.52 Å². The van der Waals surface area contributed by atoms with Gasteiger partial charge in [-0.05, 0) is 55.7 Å². The summed E-state index contributed by atoms with van der Waals surface area (Å²) in [6.45, 7) is 5.96. The number of nitrogens with zero attached hydrogens (tertiary/aromatic N) is 3. The van der Waals surface area contributed by atoms with E-state index in [0.29, 0.717) is 16.8 Å². The summed E-state index contributed by atoms with van der Waals surface area (Å²) in [4.78, 5) is 19.5. The van der Waals surface area contributed by atoms with Crippen LogP contribution in [-0.2, 0) is 6.42 Å². The molecule has 3 aromatic carbocycles. The number of aryl methyl sites for hydroxylation is 2. The van der Waals surface area contributed by atoms with Crippen LogP contribution in [0.2, 0.25) is 0 Å². The van der Waals surface area contributed by atoms with Crippen LogP contribution in [-0.4, -0.2) is 16.2 Å². The van der Waals surface area contributed by atoms with E-state index in [-0.39, 0.29) is 23.6 Å². The lowest BCUT2D eigenvalue weighted by molar-refractivity contribution is 0.244. The Balaban J connectivity index is 1.64. The van der Waals surface area contributed by atoms with E-state index < -0.39 is 6.04 Å². The fourth-order valence-electron chi connectivity index (χ4n) is 4.30. The largest absolute Gasteiger partial charge is 0.334 e. The van der Waals surface area contributed by atoms with E-state index in [1.165, 1.54) is 17.7 Å². The maximum Gasteiger partial charge on any atom is 0.326 e. The summed E-state index contributed by atoms with van der Waals surface area (Å²) >= 11 is 0. The van der Waals surface area contributed by atoms with Crippen molar-refractivity contribution in [2.45, 2.75) is 33.2 Å². The molecule has 1 N–H and O–H groups in total. The van der Waals surface area contributed by atoms with Gasteiger partial charge < -0.3 is 9.84 Å². The summed E-state index contributed by atoms with van der Waals surface area (Å²) in [6.07, 6.45) is 0.918. The highest BCUT2D eigenvalue weighted by molar-refractivity contribution is 6.01. The number of rotatable bonds is 5. The third kappa shape index (κ3) is 4.33. The second-order valence-electron chi connectivity index (χ2n) is 8.58. The van der Waals surface area contributed by atoms with Crippen molar-refractivity contribution in [1.29, 1.82) is 0 Å². The summed E-state index contributed by atoms with van der Waals surface area (Å²) in [5.74, 6) is 0.163. The Morgan fingerprint density at radius 2 is 1.77 bits per heavy atom. The highest BCUT2D eigenvalue weighted by Gasteiger charge is 2.36. The molecule has 0 spiro atoms. The SMILES string of the molecule is CCc1ccc(C2NC(=O)N(c3ccc(C)cc3)C(C)=C2c2nc(-c3cccc(F)c3)no2)cc1. The normalized spacial score (nSPS) is 15.9. The van der Waals surface area contributed by atoms with Gasteiger partial charge in [-0.2, -0.15) is 4.98 Å². The van der Waals surface area contributed by atoms with Gasteiger partial charge in [0.25, 0.3) is 5.89 Å². The van der Waals surface area contributed by atoms with E-state index in [1.54, 1.807) is 17.0 Å². The lowest BCUT2D eigenvalue weighted by atomic mass is 9.93. The maximum absolute atomic E-state index is 13.8. The van der Waals surface area contributed by atoms with Crippen LogP contribution in [0.15, 0.2) is 83.0 Å². The first kappa shape index (κ1) is 22.5. The van der Waals surface area contributed by atoms with E-state index in [0.717, 1.165) is 23.2 Å². The molecule has 1 aliphatic heterocycles. The predicted molar refractivity (Wildman–Crippen MR) is 133 cm³/mol. The highest BCUT2D eigenvalue weighted by atomic mass is 19.1. The zero-order valence-corrected chi connectivity index (χ0v) is 19.7. The number of allylic oxidation sites excluding steroid dienone is 1. The van der Waals surface area contributed by atoms with Crippen LogP contribution in [0.1, 0.15) is 42.5 Å². The molecular weight excluding hydrogens is 443 g/mol. The molecule has 0 bridgehead atoms. The van der Waals surface area contributed by atoms with Gasteiger partial charge in [0.15, 0.2) is 0 Å². The number of aromatic nitrogens is 2. The Kier molecular flexibility index (Phi) is 5.91. The molecule has 0 saturated heterocycles. The summed E-state index contributed by atoms with van der Waals surface area (Å²) in [5, 5.41) is 7.21. The molecule has 1 atom stereocenters. The van der Waals surface area contributed by atoms with Gasteiger partial charge in [-0.15, -0.1) is 0 Å². The van der Waals surface area contributed by atoms with Crippen molar-refractivity contribution >= 4 is 17.3 Å². The number of amides is 2. The molecule has 35 heavy (non-hydrogen) atoms. The monoisotopic (exact) mass is 468 g/mol. The highest BCUT2D eigenvalue weighted by Crippen LogP contribution is 2.39. The lowest BCUT2D eigenvalue weighted by Crippen LogP contribution is -2.46. The van der Waals surface area contributed by atoms with Crippen molar-refractivity contribution in [2.24, 2.45) is 0 Å². The van der Waals surface area contributed by atoms with Crippen LogP contribution in [0.4, 0.5) is 14.9 Å². The quantitative estimate of drug-likeness (QED) is 0.365. The molecule has 176 valence electrons. The number of hydrogen-bond donors (Lipinski definition) is 1. The van der Waals surface area contributed by atoms with Crippen LogP contribution >= 0.6 is 0 Å². The van der Waals surface area contributed by atoms with Crippen LogP contribution in [0, 0.1) is 12.7 Å². The van der Waals surface area contributed by atoms with Crippen molar-refractivity contribution < 1.29 is 13.7 Å². The average Bonchev–Trinajstić information content (AvgIpc) is 3.35. The van der Waals surface area contributed by atoms with Gasteiger partial charge in [0.2, 0.25) is 5.82 Å². The van der Waals surface area contributed by atoms with Gasteiger partial charge in [0.05, 0.1) is 17.3 Å². The molecule has 1 unspecified atom stereocenters. The van der Waals surface area contributed by atoms with E-state index in [9.17, 15) is 9.18 Å². The Labute approximate surface area is 203 Å². The van der Waals surface area contributed by atoms with Gasteiger partial charge in [0.1, 0.15) is 5.82 Å². The number of benzene rings is 3. The topological polar surface area (TPSA) is 71.3 Å². The first-order chi connectivity index (χ1) is 16.9. The molecule has 0 fully saturated rings. The van der Waals surface area contributed by atoms with Crippen molar-refractivity contribution in [1.82, 2.24) is 15.5 Å². The molecular formula is C28H25FN4O2. The third-order valence-electron chi connectivity index (χ3n) is 6.24. The van der Waals surface area contributed by atoms with Gasteiger partial charge in [-0.3, -0.25) is 4.90 Å². The van der Waals surface area contributed by atoms with Crippen LogP contribution in [0.3, 0.4) is 0 Å². The molecule has 1 aliphatic rings. The van der Waals surface area contributed by atoms with Crippen LogP contribution in [0.5, 0.6) is 0 Å². The third-order valence-corrected chi connectivity index (χ3v) is 6.24. The number of halogens is 1. The number of carbonyl (C=O) groups excluding carboxylic acids is 1. The molecule has 0 saturated carbocycles. The average molecular weight is 469 g/mol.